The van der Waals surface area contributed by atoms with Crippen molar-refractivity contribution in [3.63, 3.8) is 0 Å². The van der Waals surface area contributed by atoms with Gasteiger partial charge in [-0.2, -0.15) is 0 Å². The molecule has 2 heterocycles. The van der Waals surface area contributed by atoms with Gasteiger partial charge in [0, 0.05) is 11.1 Å². The maximum atomic E-state index is 4.69. The summed E-state index contributed by atoms with van der Waals surface area (Å²) in [5.74, 6) is 1.48. The number of imidazole rings is 1. The highest BCUT2D eigenvalue weighted by molar-refractivity contribution is 5.80. The SMILES string of the molecule is Cc1nc(-c2ccc3ccccc3n2)[nH]c1CC(C)C. The van der Waals surface area contributed by atoms with E-state index in [4.69, 9.17) is 0 Å². The summed E-state index contributed by atoms with van der Waals surface area (Å²) in [5.41, 5.74) is 4.19. The highest BCUT2D eigenvalue weighted by atomic mass is 15.0. The second-order valence-electron chi connectivity index (χ2n) is 5.64. The van der Waals surface area contributed by atoms with E-state index in [9.17, 15) is 0 Å². The first-order valence-corrected chi connectivity index (χ1v) is 7.05. The molecule has 3 aromatic rings. The Kier molecular flexibility index (Phi) is 3.26. The summed E-state index contributed by atoms with van der Waals surface area (Å²) in [5, 5.41) is 1.15. The highest BCUT2D eigenvalue weighted by Gasteiger charge is 2.11. The lowest BCUT2D eigenvalue weighted by atomic mass is 10.1. The zero-order valence-electron chi connectivity index (χ0n) is 12.1. The fraction of sp³-hybridized carbons (Fsp3) is 0.294. The number of nitrogens with zero attached hydrogens (tertiary/aromatic N) is 2. The molecule has 0 bridgehead atoms. The van der Waals surface area contributed by atoms with Gasteiger partial charge in [0.2, 0.25) is 0 Å². The Morgan fingerprint density at radius 1 is 1.05 bits per heavy atom. The number of rotatable bonds is 3. The second-order valence-corrected chi connectivity index (χ2v) is 5.64. The summed E-state index contributed by atoms with van der Waals surface area (Å²) in [4.78, 5) is 12.7. The van der Waals surface area contributed by atoms with Gasteiger partial charge in [0.05, 0.1) is 11.2 Å². The Hall–Kier alpha value is -2.16. The van der Waals surface area contributed by atoms with Gasteiger partial charge in [0.1, 0.15) is 5.69 Å². The van der Waals surface area contributed by atoms with Crippen molar-refractivity contribution in [1.29, 1.82) is 0 Å². The summed E-state index contributed by atoms with van der Waals surface area (Å²) >= 11 is 0. The van der Waals surface area contributed by atoms with Crippen LogP contribution in [-0.2, 0) is 6.42 Å². The summed E-state index contributed by atoms with van der Waals surface area (Å²) in [6.07, 6.45) is 1.02. The summed E-state index contributed by atoms with van der Waals surface area (Å²) in [6, 6.07) is 12.3. The second kappa shape index (κ2) is 5.08. The zero-order valence-corrected chi connectivity index (χ0v) is 12.1. The zero-order chi connectivity index (χ0) is 14.1. The average Bonchev–Trinajstić information content (AvgIpc) is 2.79. The number of aromatic nitrogens is 3. The maximum absolute atomic E-state index is 4.69. The summed E-state index contributed by atoms with van der Waals surface area (Å²) in [7, 11) is 0. The molecule has 0 unspecified atom stereocenters. The first-order valence-electron chi connectivity index (χ1n) is 7.05. The lowest BCUT2D eigenvalue weighted by molar-refractivity contribution is 0.635. The van der Waals surface area contributed by atoms with E-state index >= 15 is 0 Å². The van der Waals surface area contributed by atoms with Gasteiger partial charge in [0.15, 0.2) is 5.82 Å². The molecular weight excluding hydrogens is 246 g/mol. The predicted molar refractivity (Wildman–Crippen MR) is 82.6 cm³/mol. The van der Waals surface area contributed by atoms with Gasteiger partial charge in [-0.25, -0.2) is 9.97 Å². The van der Waals surface area contributed by atoms with E-state index in [-0.39, 0.29) is 0 Å². The molecule has 0 atom stereocenters. The number of para-hydroxylation sites is 1. The van der Waals surface area contributed by atoms with Gasteiger partial charge in [-0.3, -0.25) is 0 Å². The van der Waals surface area contributed by atoms with Crippen LogP contribution in [0.3, 0.4) is 0 Å². The quantitative estimate of drug-likeness (QED) is 0.773. The number of pyridine rings is 1. The number of aromatic amines is 1. The molecule has 102 valence electrons. The fourth-order valence-electron chi connectivity index (χ4n) is 2.42. The van der Waals surface area contributed by atoms with E-state index in [1.807, 2.05) is 24.3 Å². The number of fused-ring (bicyclic) bond motifs is 1. The minimum atomic E-state index is 0.617. The molecule has 0 saturated heterocycles. The van der Waals surface area contributed by atoms with Gasteiger partial charge in [-0.1, -0.05) is 38.1 Å². The van der Waals surface area contributed by atoms with Crippen molar-refractivity contribution in [2.75, 3.05) is 0 Å². The molecule has 0 aliphatic carbocycles. The fourth-order valence-corrected chi connectivity index (χ4v) is 2.42. The van der Waals surface area contributed by atoms with E-state index in [0.717, 1.165) is 34.5 Å². The van der Waals surface area contributed by atoms with Gasteiger partial charge in [-0.05, 0) is 31.4 Å². The van der Waals surface area contributed by atoms with Crippen LogP contribution in [-0.4, -0.2) is 15.0 Å². The summed E-state index contributed by atoms with van der Waals surface area (Å²) < 4.78 is 0. The molecule has 0 aliphatic rings. The van der Waals surface area contributed by atoms with Gasteiger partial charge in [-0.15, -0.1) is 0 Å². The number of aryl methyl sites for hydroxylation is 1. The van der Waals surface area contributed by atoms with Crippen molar-refractivity contribution in [2.45, 2.75) is 27.2 Å². The molecule has 0 radical (unpaired) electrons. The van der Waals surface area contributed by atoms with Gasteiger partial charge < -0.3 is 4.98 Å². The predicted octanol–water partition coefficient (Wildman–Crippen LogP) is 4.13. The molecule has 20 heavy (non-hydrogen) atoms. The van der Waals surface area contributed by atoms with Crippen LogP contribution in [0.25, 0.3) is 22.4 Å². The van der Waals surface area contributed by atoms with Crippen LogP contribution in [0.4, 0.5) is 0 Å². The molecule has 3 nitrogen and oxygen atoms in total. The van der Waals surface area contributed by atoms with Crippen molar-refractivity contribution in [3.05, 3.63) is 47.8 Å². The minimum Gasteiger partial charge on any atom is -0.340 e. The highest BCUT2D eigenvalue weighted by Crippen LogP contribution is 2.21. The van der Waals surface area contributed by atoms with Crippen LogP contribution in [0, 0.1) is 12.8 Å². The first-order chi connectivity index (χ1) is 9.63. The summed E-state index contributed by atoms with van der Waals surface area (Å²) in [6.45, 7) is 6.49. The smallest absolute Gasteiger partial charge is 0.156 e. The van der Waals surface area contributed by atoms with Crippen LogP contribution >= 0.6 is 0 Å². The molecule has 1 aromatic carbocycles. The molecule has 0 saturated carbocycles. The molecule has 0 amide bonds. The number of H-pyrrole nitrogens is 1. The Morgan fingerprint density at radius 2 is 1.85 bits per heavy atom. The molecule has 3 rings (SSSR count). The lowest BCUT2D eigenvalue weighted by Gasteiger charge is -2.02. The Balaban J connectivity index is 2.02. The third-order valence-corrected chi connectivity index (χ3v) is 3.44. The molecule has 0 aliphatic heterocycles. The standard InChI is InChI=1S/C17H19N3/c1-11(2)10-16-12(3)18-17(20-16)15-9-8-13-6-4-5-7-14(13)19-15/h4-9,11H,10H2,1-3H3,(H,18,20). The van der Waals surface area contributed by atoms with Gasteiger partial charge >= 0.3 is 0 Å². The van der Waals surface area contributed by atoms with Crippen molar-refractivity contribution >= 4 is 10.9 Å². The molecule has 3 heteroatoms. The van der Waals surface area contributed by atoms with Crippen LogP contribution in [0.1, 0.15) is 25.2 Å². The lowest BCUT2D eigenvalue weighted by Crippen LogP contribution is -1.96. The van der Waals surface area contributed by atoms with Gasteiger partial charge in [0.25, 0.3) is 0 Å². The van der Waals surface area contributed by atoms with E-state index < -0.39 is 0 Å². The van der Waals surface area contributed by atoms with E-state index in [1.54, 1.807) is 0 Å². The number of nitrogens with one attached hydrogen (secondary N) is 1. The average molecular weight is 265 g/mol. The third-order valence-electron chi connectivity index (χ3n) is 3.44. The normalized spacial score (nSPS) is 11.4. The minimum absolute atomic E-state index is 0.617. The first kappa shape index (κ1) is 12.9. The maximum Gasteiger partial charge on any atom is 0.156 e. The van der Waals surface area contributed by atoms with E-state index in [0.29, 0.717) is 5.92 Å². The molecule has 0 fully saturated rings. The molecule has 1 N–H and O–H groups in total. The number of hydrogen-bond donors (Lipinski definition) is 1. The molecule has 0 spiro atoms. The Morgan fingerprint density at radius 3 is 2.65 bits per heavy atom. The monoisotopic (exact) mass is 265 g/mol. The molecular formula is C17H19N3. The Bertz CT molecular complexity index is 741. The Labute approximate surface area is 119 Å². The van der Waals surface area contributed by atoms with Crippen molar-refractivity contribution < 1.29 is 0 Å². The molecule has 2 aromatic heterocycles. The van der Waals surface area contributed by atoms with E-state index in [2.05, 4.69) is 47.9 Å². The number of benzene rings is 1. The van der Waals surface area contributed by atoms with Crippen LogP contribution < -0.4 is 0 Å². The van der Waals surface area contributed by atoms with Crippen LogP contribution in [0.2, 0.25) is 0 Å². The van der Waals surface area contributed by atoms with Crippen molar-refractivity contribution in [3.8, 4) is 11.5 Å². The van der Waals surface area contributed by atoms with Crippen LogP contribution in [0.15, 0.2) is 36.4 Å². The van der Waals surface area contributed by atoms with Crippen molar-refractivity contribution in [2.24, 2.45) is 5.92 Å². The number of hydrogen-bond acceptors (Lipinski definition) is 2. The third kappa shape index (κ3) is 2.44. The largest absolute Gasteiger partial charge is 0.340 e. The topological polar surface area (TPSA) is 41.6 Å². The van der Waals surface area contributed by atoms with Crippen molar-refractivity contribution in [1.82, 2.24) is 15.0 Å². The van der Waals surface area contributed by atoms with Crippen LogP contribution in [0.5, 0.6) is 0 Å². The van der Waals surface area contributed by atoms with E-state index in [1.165, 1.54) is 5.69 Å².